The number of carbonyl (C=O) groups excluding carboxylic acids is 1. The summed E-state index contributed by atoms with van der Waals surface area (Å²) in [5.41, 5.74) is 3.12. The molecule has 0 aliphatic rings. The largest absolute Gasteiger partial charge is 0.493 e. The highest BCUT2D eigenvalue weighted by atomic mass is 35.5. The van der Waals surface area contributed by atoms with Crippen LogP contribution in [0.3, 0.4) is 0 Å². The van der Waals surface area contributed by atoms with Gasteiger partial charge in [-0.2, -0.15) is 0 Å². The summed E-state index contributed by atoms with van der Waals surface area (Å²) in [6.07, 6.45) is 0. The van der Waals surface area contributed by atoms with Gasteiger partial charge >= 0.3 is 0 Å². The van der Waals surface area contributed by atoms with Gasteiger partial charge in [-0.05, 0) is 86.0 Å². The first-order valence-corrected chi connectivity index (χ1v) is 12.8. The average molecular weight is 517 g/mol. The molecule has 0 saturated carbocycles. The summed E-state index contributed by atoms with van der Waals surface area (Å²) in [5, 5.41) is 3.30. The molecular formula is C26H29ClN2O5S. The van der Waals surface area contributed by atoms with E-state index in [1.807, 2.05) is 32.9 Å². The van der Waals surface area contributed by atoms with Crippen molar-refractivity contribution in [2.75, 3.05) is 25.1 Å². The van der Waals surface area contributed by atoms with Crippen LogP contribution < -0.4 is 19.1 Å². The fourth-order valence-corrected chi connectivity index (χ4v) is 5.09. The zero-order valence-electron chi connectivity index (χ0n) is 20.3. The SMILES string of the molecule is COc1ccc([C@H](C)NC(=O)CN(c2ccc(C)c(C)c2)S(=O)(=O)c2ccc(Cl)cc2)cc1OC. The summed E-state index contributed by atoms with van der Waals surface area (Å²) < 4.78 is 38.8. The van der Waals surface area contributed by atoms with Gasteiger partial charge in [0, 0.05) is 5.02 Å². The highest BCUT2D eigenvalue weighted by Crippen LogP contribution is 2.30. The molecular weight excluding hydrogens is 488 g/mol. The molecule has 0 unspecified atom stereocenters. The Bertz CT molecular complexity index is 1310. The number of hydrogen-bond acceptors (Lipinski definition) is 5. The molecule has 0 aromatic heterocycles. The van der Waals surface area contributed by atoms with Crippen LogP contribution in [0.1, 0.15) is 29.7 Å². The second-order valence-electron chi connectivity index (χ2n) is 8.14. The Morgan fingerprint density at radius 3 is 2.20 bits per heavy atom. The predicted octanol–water partition coefficient (Wildman–Crippen LogP) is 5.05. The third kappa shape index (κ3) is 6.07. The molecule has 0 bridgehead atoms. The second kappa shape index (κ2) is 11.0. The molecule has 0 aliphatic heterocycles. The molecule has 0 aliphatic carbocycles. The predicted molar refractivity (Wildman–Crippen MR) is 138 cm³/mol. The first-order valence-electron chi connectivity index (χ1n) is 10.9. The number of benzene rings is 3. The molecule has 9 heteroatoms. The van der Waals surface area contributed by atoms with Crippen LogP contribution in [0.5, 0.6) is 11.5 Å². The van der Waals surface area contributed by atoms with Crippen molar-refractivity contribution in [2.45, 2.75) is 31.7 Å². The number of hydrogen-bond donors (Lipinski definition) is 1. The number of anilines is 1. The van der Waals surface area contributed by atoms with E-state index in [4.69, 9.17) is 21.1 Å². The molecule has 0 heterocycles. The van der Waals surface area contributed by atoms with E-state index in [1.54, 1.807) is 31.4 Å². The van der Waals surface area contributed by atoms with Gasteiger partial charge in [0.25, 0.3) is 10.0 Å². The van der Waals surface area contributed by atoms with Crippen LogP contribution in [-0.4, -0.2) is 35.1 Å². The summed E-state index contributed by atoms with van der Waals surface area (Å²) in [6, 6.07) is 16.1. The van der Waals surface area contributed by atoms with Gasteiger partial charge in [0.15, 0.2) is 11.5 Å². The van der Waals surface area contributed by atoms with E-state index in [-0.39, 0.29) is 4.90 Å². The van der Waals surface area contributed by atoms with E-state index in [0.717, 1.165) is 21.0 Å². The zero-order chi connectivity index (χ0) is 25.8. The van der Waals surface area contributed by atoms with Gasteiger partial charge in [-0.1, -0.05) is 23.7 Å². The summed E-state index contributed by atoms with van der Waals surface area (Å²) in [4.78, 5) is 13.1. The van der Waals surface area contributed by atoms with Crippen LogP contribution in [0.2, 0.25) is 5.02 Å². The summed E-state index contributed by atoms with van der Waals surface area (Å²) >= 11 is 5.95. The number of methoxy groups -OCH3 is 2. The topological polar surface area (TPSA) is 84.9 Å². The minimum absolute atomic E-state index is 0.0425. The molecule has 3 aromatic carbocycles. The molecule has 7 nitrogen and oxygen atoms in total. The maximum atomic E-state index is 13.6. The van der Waals surface area contributed by atoms with Crippen molar-refractivity contribution in [3.05, 3.63) is 82.4 Å². The molecule has 1 N–H and O–H groups in total. The third-order valence-electron chi connectivity index (χ3n) is 5.75. The Balaban J connectivity index is 1.90. The number of rotatable bonds is 9. The Morgan fingerprint density at radius 2 is 1.60 bits per heavy atom. The fraction of sp³-hybridized carbons (Fsp3) is 0.269. The molecule has 186 valence electrons. The highest BCUT2D eigenvalue weighted by Gasteiger charge is 2.28. The minimum Gasteiger partial charge on any atom is -0.493 e. The van der Waals surface area contributed by atoms with Crippen molar-refractivity contribution in [1.82, 2.24) is 5.32 Å². The Morgan fingerprint density at radius 1 is 0.943 bits per heavy atom. The van der Waals surface area contributed by atoms with Crippen LogP contribution in [0.15, 0.2) is 65.6 Å². The Labute approximate surface area is 211 Å². The van der Waals surface area contributed by atoms with Crippen LogP contribution in [0.25, 0.3) is 0 Å². The maximum Gasteiger partial charge on any atom is 0.264 e. The van der Waals surface area contributed by atoms with Gasteiger partial charge in [0.05, 0.1) is 30.8 Å². The highest BCUT2D eigenvalue weighted by molar-refractivity contribution is 7.92. The van der Waals surface area contributed by atoms with Gasteiger partial charge in [-0.25, -0.2) is 8.42 Å². The first-order chi connectivity index (χ1) is 16.6. The van der Waals surface area contributed by atoms with E-state index in [9.17, 15) is 13.2 Å². The van der Waals surface area contributed by atoms with Crippen molar-refractivity contribution in [2.24, 2.45) is 0 Å². The lowest BCUT2D eigenvalue weighted by atomic mass is 10.1. The molecule has 0 saturated heterocycles. The summed E-state index contributed by atoms with van der Waals surface area (Å²) in [6.45, 7) is 5.25. The number of nitrogens with one attached hydrogen (secondary N) is 1. The van der Waals surface area contributed by atoms with E-state index >= 15 is 0 Å². The molecule has 0 radical (unpaired) electrons. The zero-order valence-corrected chi connectivity index (χ0v) is 21.9. The molecule has 3 aromatic rings. The average Bonchev–Trinajstić information content (AvgIpc) is 2.84. The van der Waals surface area contributed by atoms with E-state index in [0.29, 0.717) is 22.2 Å². The lowest BCUT2D eigenvalue weighted by molar-refractivity contribution is -0.120. The van der Waals surface area contributed by atoms with Crippen LogP contribution in [0, 0.1) is 13.8 Å². The van der Waals surface area contributed by atoms with Crippen LogP contribution in [0.4, 0.5) is 5.69 Å². The normalized spacial score (nSPS) is 12.1. The quantitative estimate of drug-likeness (QED) is 0.430. The molecule has 1 atom stereocenters. The van der Waals surface area contributed by atoms with Crippen LogP contribution >= 0.6 is 11.6 Å². The van der Waals surface area contributed by atoms with E-state index in [2.05, 4.69) is 5.32 Å². The third-order valence-corrected chi connectivity index (χ3v) is 7.79. The molecule has 3 rings (SSSR count). The van der Waals surface area contributed by atoms with Gasteiger partial charge < -0.3 is 14.8 Å². The van der Waals surface area contributed by atoms with Gasteiger partial charge in [0.1, 0.15) is 6.54 Å². The van der Waals surface area contributed by atoms with Crippen molar-refractivity contribution < 1.29 is 22.7 Å². The fourth-order valence-electron chi connectivity index (χ4n) is 3.55. The van der Waals surface area contributed by atoms with Crippen molar-refractivity contribution >= 4 is 33.2 Å². The standard InChI is InChI=1S/C26H29ClN2O5S/c1-17-6-10-22(14-18(17)2)29(35(31,32)23-11-8-21(27)9-12-23)16-26(30)28-19(3)20-7-13-24(33-4)25(15-20)34-5/h6-15,19H,16H2,1-5H3,(H,28,30)/t19-/m0/s1. The number of nitrogens with zero attached hydrogens (tertiary/aromatic N) is 1. The number of amides is 1. The number of ether oxygens (including phenoxy) is 2. The van der Waals surface area contributed by atoms with Crippen molar-refractivity contribution in [3.63, 3.8) is 0 Å². The smallest absolute Gasteiger partial charge is 0.264 e. The van der Waals surface area contributed by atoms with E-state index < -0.39 is 28.5 Å². The molecule has 0 spiro atoms. The van der Waals surface area contributed by atoms with Gasteiger partial charge in [-0.15, -0.1) is 0 Å². The van der Waals surface area contributed by atoms with Gasteiger partial charge in [0.2, 0.25) is 5.91 Å². The first kappa shape index (κ1) is 26.4. The van der Waals surface area contributed by atoms with Crippen molar-refractivity contribution in [1.29, 1.82) is 0 Å². The second-order valence-corrected chi connectivity index (χ2v) is 10.4. The number of aryl methyl sites for hydroxylation is 2. The number of carbonyl (C=O) groups is 1. The Hall–Kier alpha value is -3.23. The lowest BCUT2D eigenvalue weighted by Gasteiger charge is -2.26. The monoisotopic (exact) mass is 516 g/mol. The summed E-state index contributed by atoms with van der Waals surface area (Å²) in [7, 11) is -0.956. The molecule has 0 fully saturated rings. The lowest BCUT2D eigenvalue weighted by Crippen LogP contribution is -2.41. The van der Waals surface area contributed by atoms with E-state index in [1.165, 1.54) is 31.4 Å². The number of halogens is 1. The van der Waals surface area contributed by atoms with Crippen LogP contribution in [-0.2, 0) is 14.8 Å². The Kier molecular flexibility index (Phi) is 8.30. The maximum absolute atomic E-state index is 13.6. The summed E-state index contributed by atoms with van der Waals surface area (Å²) in [5.74, 6) is 0.654. The van der Waals surface area contributed by atoms with Crippen molar-refractivity contribution in [3.8, 4) is 11.5 Å². The minimum atomic E-state index is -4.04. The molecule has 1 amide bonds. The molecule has 35 heavy (non-hydrogen) atoms. The van der Waals surface area contributed by atoms with Gasteiger partial charge in [-0.3, -0.25) is 9.10 Å². The number of sulfonamides is 1.